The second kappa shape index (κ2) is 9.25. The fraction of sp³-hybridized carbons (Fsp3) is 0.0800. The molecule has 4 aromatic rings. The Kier molecular flexibility index (Phi) is 6.26. The Balaban J connectivity index is 1.92. The molecular weight excluding hydrogens is 428 g/mol. The SMILES string of the molecule is CCC(=C(c1ccc(C=CC(=O)O)cc1)c1ccc2scnc2c1)c1ccncc1Cl. The van der Waals surface area contributed by atoms with Crippen molar-refractivity contribution in [2.24, 2.45) is 0 Å². The van der Waals surface area contributed by atoms with E-state index in [1.165, 1.54) is 0 Å². The Labute approximate surface area is 189 Å². The molecule has 0 saturated carbocycles. The van der Waals surface area contributed by atoms with Gasteiger partial charge >= 0.3 is 5.97 Å². The van der Waals surface area contributed by atoms with Crippen LogP contribution >= 0.6 is 22.9 Å². The summed E-state index contributed by atoms with van der Waals surface area (Å²) >= 11 is 8.13. The van der Waals surface area contributed by atoms with Crippen molar-refractivity contribution in [3.05, 3.63) is 99.8 Å². The fourth-order valence-corrected chi connectivity index (χ4v) is 4.47. The van der Waals surface area contributed by atoms with Gasteiger partial charge in [0, 0.05) is 18.5 Å². The highest BCUT2D eigenvalue weighted by molar-refractivity contribution is 7.16. The molecule has 0 aliphatic carbocycles. The number of aromatic nitrogens is 2. The molecule has 0 atom stereocenters. The van der Waals surface area contributed by atoms with Crippen LogP contribution in [-0.4, -0.2) is 21.0 Å². The summed E-state index contributed by atoms with van der Waals surface area (Å²) in [6.07, 6.45) is 6.90. The maximum atomic E-state index is 10.8. The zero-order valence-corrected chi connectivity index (χ0v) is 18.3. The summed E-state index contributed by atoms with van der Waals surface area (Å²) in [5.74, 6) is -0.971. The lowest BCUT2D eigenvalue weighted by Crippen LogP contribution is -1.96. The molecule has 0 fully saturated rings. The molecule has 4 rings (SSSR count). The van der Waals surface area contributed by atoms with E-state index in [1.807, 2.05) is 35.8 Å². The average Bonchev–Trinajstić information content (AvgIpc) is 3.25. The van der Waals surface area contributed by atoms with Crippen molar-refractivity contribution in [3.63, 3.8) is 0 Å². The largest absolute Gasteiger partial charge is 0.478 e. The molecule has 31 heavy (non-hydrogen) atoms. The predicted molar refractivity (Wildman–Crippen MR) is 128 cm³/mol. The molecule has 0 bridgehead atoms. The van der Waals surface area contributed by atoms with E-state index in [9.17, 15) is 4.79 Å². The highest BCUT2D eigenvalue weighted by Gasteiger charge is 2.16. The number of pyridine rings is 1. The van der Waals surface area contributed by atoms with Gasteiger partial charge in [-0.1, -0.05) is 48.9 Å². The number of carboxylic acid groups (broad SMARTS) is 1. The van der Waals surface area contributed by atoms with Crippen molar-refractivity contribution in [1.82, 2.24) is 9.97 Å². The number of halogens is 1. The van der Waals surface area contributed by atoms with Crippen molar-refractivity contribution < 1.29 is 9.90 Å². The third kappa shape index (κ3) is 4.58. The fourth-order valence-electron chi connectivity index (χ4n) is 3.58. The summed E-state index contributed by atoms with van der Waals surface area (Å²) < 4.78 is 1.14. The summed E-state index contributed by atoms with van der Waals surface area (Å²) in [6.45, 7) is 2.11. The van der Waals surface area contributed by atoms with Gasteiger partial charge in [-0.3, -0.25) is 4.98 Å². The number of nitrogens with zero attached hydrogens (tertiary/aromatic N) is 2. The van der Waals surface area contributed by atoms with Gasteiger partial charge in [-0.05, 0) is 64.1 Å². The van der Waals surface area contributed by atoms with Crippen LogP contribution in [0.25, 0.3) is 27.4 Å². The van der Waals surface area contributed by atoms with Crippen LogP contribution in [0.15, 0.2) is 72.5 Å². The van der Waals surface area contributed by atoms with Gasteiger partial charge in [0.2, 0.25) is 0 Å². The van der Waals surface area contributed by atoms with E-state index in [0.29, 0.717) is 5.02 Å². The Hall–Kier alpha value is -3.28. The van der Waals surface area contributed by atoms with E-state index >= 15 is 0 Å². The van der Waals surface area contributed by atoms with E-state index in [4.69, 9.17) is 16.7 Å². The highest BCUT2D eigenvalue weighted by atomic mass is 35.5. The number of aliphatic carboxylic acids is 1. The van der Waals surface area contributed by atoms with Gasteiger partial charge in [0.15, 0.2) is 0 Å². The quantitative estimate of drug-likeness (QED) is 0.330. The lowest BCUT2D eigenvalue weighted by Gasteiger charge is -2.17. The smallest absolute Gasteiger partial charge is 0.328 e. The molecule has 2 aromatic heterocycles. The third-order valence-electron chi connectivity index (χ3n) is 4.99. The van der Waals surface area contributed by atoms with Crippen LogP contribution in [0.5, 0.6) is 0 Å². The molecule has 6 heteroatoms. The number of hydrogen-bond donors (Lipinski definition) is 1. The molecule has 4 nitrogen and oxygen atoms in total. The summed E-state index contributed by atoms with van der Waals surface area (Å²) in [6, 6.07) is 16.1. The minimum Gasteiger partial charge on any atom is -0.478 e. The van der Waals surface area contributed by atoms with Crippen LogP contribution < -0.4 is 0 Å². The van der Waals surface area contributed by atoms with Gasteiger partial charge in [0.05, 0.1) is 20.7 Å². The number of thiazole rings is 1. The minimum absolute atomic E-state index is 0.604. The van der Waals surface area contributed by atoms with E-state index in [1.54, 1.807) is 29.8 Å². The molecule has 0 spiro atoms. The Morgan fingerprint density at radius 3 is 2.61 bits per heavy atom. The lowest BCUT2D eigenvalue weighted by molar-refractivity contribution is -0.131. The first-order chi connectivity index (χ1) is 15.1. The molecular formula is C25H19ClN2O2S. The van der Waals surface area contributed by atoms with Crippen molar-refractivity contribution in [1.29, 1.82) is 0 Å². The number of carbonyl (C=O) groups is 1. The predicted octanol–water partition coefficient (Wildman–Crippen LogP) is 6.81. The lowest BCUT2D eigenvalue weighted by atomic mass is 9.88. The van der Waals surface area contributed by atoms with Crippen molar-refractivity contribution >= 4 is 56.3 Å². The highest BCUT2D eigenvalue weighted by Crippen LogP contribution is 2.38. The van der Waals surface area contributed by atoms with E-state index in [2.05, 4.69) is 35.1 Å². The maximum absolute atomic E-state index is 10.8. The maximum Gasteiger partial charge on any atom is 0.328 e. The van der Waals surface area contributed by atoms with Crippen LogP contribution in [0.4, 0.5) is 0 Å². The Bertz CT molecular complexity index is 1310. The minimum atomic E-state index is -0.971. The average molecular weight is 447 g/mol. The third-order valence-corrected chi connectivity index (χ3v) is 6.10. The molecule has 0 amide bonds. The first-order valence-corrected chi connectivity index (χ1v) is 11.0. The number of fused-ring (bicyclic) bond motifs is 1. The van der Waals surface area contributed by atoms with Gasteiger partial charge in [-0.15, -0.1) is 11.3 Å². The van der Waals surface area contributed by atoms with Crippen LogP contribution in [-0.2, 0) is 4.79 Å². The van der Waals surface area contributed by atoms with Crippen molar-refractivity contribution in [2.75, 3.05) is 0 Å². The molecule has 0 saturated heterocycles. The van der Waals surface area contributed by atoms with Crippen LogP contribution in [0.2, 0.25) is 5.02 Å². The van der Waals surface area contributed by atoms with Crippen LogP contribution in [0, 0.1) is 0 Å². The molecule has 154 valence electrons. The standard InChI is InChI=1S/C25H19ClN2O2S/c1-2-19(20-11-12-27-14-21(20)26)25(18-8-9-23-22(13-18)28-15-31-23)17-6-3-16(4-7-17)5-10-24(29)30/h3-15H,2H2,1H3,(H,29,30). The summed E-state index contributed by atoms with van der Waals surface area (Å²) in [5.41, 5.74) is 8.82. The molecule has 0 aliphatic heterocycles. The second-order valence-corrected chi connectivity index (χ2v) is 8.18. The van der Waals surface area contributed by atoms with Gasteiger partial charge in [-0.25, -0.2) is 9.78 Å². The molecule has 0 unspecified atom stereocenters. The molecule has 2 heterocycles. The van der Waals surface area contributed by atoms with Crippen molar-refractivity contribution in [3.8, 4) is 0 Å². The monoisotopic (exact) mass is 446 g/mol. The first-order valence-electron chi connectivity index (χ1n) is 9.75. The molecule has 0 radical (unpaired) electrons. The van der Waals surface area contributed by atoms with Gasteiger partial charge in [0.1, 0.15) is 0 Å². The number of allylic oxidation sites excluding steroid dienone is 1. The molecule has 2 aromatic carbocycles. The van der Waals surface area contributed by atoms with E-state index in [0.717, 1.165) is 56.1 Å². The van der Waals surface area contributed by atoms with E-state index < -0.39 is 5.97 Å². The summed E-state index contributed by atoms with van der Waals surface area (Å²) in [5, 5.41) is 9.48. The second-order valence-electron chi connectivity index (χ2n) is 6.89. The van der Waals surface area contributed by atoms with Gasteiger partial charge in [-0.2, -0.15) is 0 Å². The van der Waals surface area contributed by atoms with Crippen LogP contribution in [0.3, 0.4) is 0 Å². The number of rotatable bonds is 6. The van der Waals surface area contributed by atoms with E-state index in [-0.39, 0.29) is 0 Å². The van der Waals surface area contributed by atoms with Crippen LogP contribution in [0.1, 0.15) is 35.6 Å². The van der Waals surface area contributed by atoms with Crippen molar-refractivity contribution in [2.45, 2.75) is 13.3 Å². The van der Waals surface area contributed by atoms with Gasteiger partial charge < -0.3 is 5.11 Å². The first kappa shape index (κ1) is 21.0. The molecule has 1 N–H and O–H groups in total. The Morgan fingerprint density at radius 1 is 1.13 bits per heavy atom. The zero-order chi connectivity index (χ0) is 21.8. The summed E-state index contributed by atoms with van der Waals surface area (Å²) in [4.78, 5) is 19.4. The number of carboxylic acids is 1. The number of benzene rings is 2. The normalized spacial score (nSPS) is 12.3. The topological polar surface area (TPSA) is 63.1 Å². The Morgan fingerprint density at radius 2 is 1.90 bits per heavy atom. The molecule has 0 aliphatic rings. The number of hydrogen-bond acceptors (Lipinski definition) is 4. The summed E-state index contributed by atoms with van der Waals surface area (Å²) in [7, 11) is 0. The van der Waals surface area contributed by atoms with Gasteiger partial charge in [0.25, 0.3) is 0 Å². The zero-order valence-electron chi connectivity index (χ0n) is 16.7.